The molecule has 0 saturated heterocycles. The van der Waals surface area contributed by atoms with Crippen molar-refractivity contribution >= 4 is 46.6 Å². The van der Waals surface area contributed by atoms with Crippen LogP contribution in [0.1, 0.15) is 18.9 Å². The number of benzene rings is 2. The van der Waals surface area contributed by atoms with Crippen LogP contribution < -0.4 is 16.0 Å². The molecule has 11 nitrogen and oxygen atoms in total. The molecule has 172 valence electrons. The van der Waals surface area contributed by atoms with Gasteiger partial charge in [-0.25, -0.2) is 9.59 Å². The van der Waals surface area contributed by atoms with Crippen molar-refractivity contribution < 1.29 is 28.4 Å². The standard InChI is InChI=1S/C21H21N5O6S/c1-4-18(27)23-16-9-8-15(33(30)14-7-5-6-13(10-14)12-22)11-17(16)24-19(25-20(28)31-2)26-21(29)32-3/h5-11H,4H2,1-3H3,(H,23,27)(H2,24,25,26,28,29). The molecule has 0 aliphatic carbocycles. The van der Waals surface area contributed by atoms with Gasteiger partial charge in [0.05, 0.1) is 37.2 Å². The lowest BCUT2D eigenvalue weighted by Crippen LogP contribution is -2.36. The van der Waals surface area contributed by atoms with Crippen LogP contribution in [0.5, 0.6) is 0 Å². The van der Waals surface area contributed by atoms with E-state index in [1.165, 1.54) is 24.3 Å². The number of nitrogens with one attached hydrogen (secondary N) is 3. The van der Waals surface area contributed by atoms with E-state index in [0.29, 0.717) is 15.4 Å². The van der Waals surface area contributed by atoms with Crippen LogP contribution in [-0.2, 0) is 25.4 Å². The van der Waals surface area contributed by atoms with Crippen molar-refractivity contribution in [2.24, 2.45) is 4.99 Å². The Labute approximate surface area is 193 Å². The molecule has 33 heavy (non-hydrogen) atoms. The smallest absolute Gasteiger partial charge is 0.436 e. The summed E-state index contributed by atoms with van der Waals surface area (Å²) in [5.74, 6) is -0.656. The van der Waals surface area contributed by atoms with Gasteiger partial charge in [0.25, 0.3) is 0 Å². The molecule has 2 aromatic rings. The number of hydrogen-bond acceptors (Lipinski definition) is 7. The summed E-state index contributed by atoms with van der Waals surface area (Å²) in [5, 5.41) is 16.7. The second kappa shape index (κ2) is 12.1. The van der Waals surface area contributed by atoms with Gasteiger partial charge in [-0.05, 0) is 24.3 Å². The van der Waals surface area contributed by atoms with Crippen molar-refractivity contribution in [2.45, 2.75) is 23.1 Å². The minimum atomic E-state index is -1.68. The summed E-state index contributed by atoms with van der Waals surface area (Å²) < 4.78 is 22.1. The van der Waals surface area contributed by atoms with Gasteiger partial charge in [0, 0.05) is 29.7 Å². The first kappa shape index (κ1) is 25.2. The van der Waals surface area contributed by atoms with E-state index >= 15 is 0 Å². The number of ether oxygens (including phenoxy) is 2. The van der Waals surface area contributed by atoms with Crippen LogP contribution in [0.15, 0.2) is 57.2 Å². The molecule has 3 N–H and O–H groups in total. The highest BCUT2D eigenvalue weighted by Crippen LogP contribution is 2.29. The van der Waals surface area contributed by atoms with Crippen molar-refractivity contribution in [3.63, 3.8) is 0 Å². The van der Waals surface area contributed by atoms with Gasteiger partial charge in [-0.15, -0.1) is 4.99 Å². The Bertz CT molecular complexity index is 1110. The quantitative estimate of drug-likeness (QED) is 0.340. The van der Waals surface area contributed by atoms with Crippen molar-refractivity contribution in [2.75, 3.05) is 24.9 Å². The first-order valence-electron chi connectivity index (χ1n) is 9.45. The predicted octanol–water partition coefficient (Wildman–Crippen LogP) is 2.96. The van der Waals surface area contributed by atoms with Gasteiger partial charge >= 0.3 is 12.2 Å². The van der Waals surface area contributed by atoms with Crippen LogP contribution in [0.4, 0.5) is 21.0 Å². The Balaban J connectivity index is 2.50. The summed E-state index contributed by atoms with van der Waals surface area (Å²) in [5.41, 5.74) is 0.802. The Morgan fingerprint density at radius 2 is 1.79 bits per heavy atom. The molecule has 2 rings (SSSR count). The average Bonchev–Trinajstić information content (AvgIpc) is 2.84. The molecule has 1 atom stereocenters. The number of methoxy groups -OCH3 is 2. The lowest BCUT2D eigenvalue weighted by molar-refractivity contribution is -0.115. The molecule has 2 aromatic carbocycles. The number of anilines is 2. The molecule has 1 unspecified atom stereocenters. The monoisotopic (exact) mass is 471 g/mol. The third-order valence-corrected chi connectivity index (χ3v) is 5.38. The SMILES string of the molecule is CCC(=O)Nc1ccc([S+]([O-])c2cccc(C#N)c2)cc1NC(=NC(=O)OC)NC(=O)OC. The van der Waals surface area contributed by atoms with Crippen molar-refractivity contribution in [3.05, 3.63) is 48.0 Å². The van der Waals surface area contributed by atoms with Crippen LogP contribution in [0.3, 0.4) is 0 Å². The van der Waals surface area contributed by atoms with Crippen molar-refractivity contribution in [1.82, 2.24) is 5.32 Å². The molecule has 0 heterocycles. The summed E-state index contributed by atoms with van der Waals surface area (Å²) in [6.07, 6.45) is -1.74. The maximum absolute atomic E-state index is 13.1. The number of carbonyl (C=O) groups excluding carboxylic acids is 3. The fourth-order valence-electron chi connectivity index (χ4n) is 2.41. The summed E-state index contributed by atoms with van der Waals surface area (Å²) in [7, 11) is 2.23. The van der Waals surface area contributed by atoms with Gasteiger partial charge < -0.3 is 24.7 Å². The first-order valence-corrected chi connectivity index (χ1v) is 10.6. The predicted molar refractivity (Wildman–Crippen MR) is 120 cm³/mol. The molecule has 0 bridgehead atoms. The van der Waals surface area contributed by atoms with E-state index in [0.717, 1.165) is 14.2 Å². The van der Waals surface area contributed by atoms with Crippen LogP contribution in [0, 0.1) is 11.3 Å². The fraction of sp³-hybridized carbons (Fsp3) is 0.190. The summed E-state index contributed by atoms with van der Waals surface area (Å²) in [4.78, 5) is 39.5. The molecular formula is C21H21N5O6S. The van der Waals surface area contributed by atoms with Gasteiger partial charge in [0.15, 0.2) is 9.79 Å². The van der Waals surface area contributed by atoms with Crippen LogP contribution in [-0.4, -0.2) is 42.8 Å². The number of carbonyl (C=O) groups is 3. The molecule has 0 aliphatic heterocycles. The zero-order valence-electron chi connectivity index (χ0n) is 18.0. The number of rotatable bonds is 5. The summed E-state index contributed by atoms with van der Waals surface area (Å²) in [6.45, 7) is 1.66. The maximum Gasteiger partial charge on any atom is 0.436 e. The number of aliphatic imine (C=N–C) groups is 1. The molecule has 0 aromatic heterocycles. The molecular weight excluding hydrogens is 450 g/mol. The van der Waals surface area contributed by atoms with E-state index in [9.17, 15) is 18.9 Å². The zero-order valence-corrected chi connectivity index (χ0v) is 18.8. The number of nitrogens with zero attached hydrogens (tertiary/aromatic N) is 2. The molecule has 0 saturated carbocycles. The zero-order chi connectivity index (χ0) is 24.4. The van der Waals surface area contributed by atoms with E-state index in [2.05, 4.69) is 30.4 Å². The lowest BCUT2D eigenvalue weighted by Gasteiger charge is -2.17. The van der Waals surface area contributed by atoms with Gasteiger partial charge in [0.2, 0.25) is 11.9 Å². The number of hydrogen-bond donors (Lipinski definition) is 3. The lowest BCUT2D eigenvalue weighted by atomic mass is 10.2. The van der Waals surface area contributed by atoms with E-state index in [-0.39, 0.29) is 29.7 Å². The minimum Gasteiger partial charge on any atom is -0.606 e. The van der Waals surface area contributed by atoms with Gasteiger partial charge in [-0.2, -0.15) is 5.26 Å². The Morgan fingerprint density at radius 1 is 1.06 bits per heavy atom. The molecule has 12 heteroatoms. The third-order valence-electron chi connectivity index (χ3n) is 4.01. The van der Waals surface area contributed by atoms with E-state index in [1.807, 2.05) is 6.07 Å². The van der Waals surface area contributed by atoms with Gasteiger partial charge in [-0.3, -0.25) is 10.1 Å². The van der Waals surface area contributed by atoms with E-state index in [1.54, 1.807) is 25.1 Å². The molecule has 0 spiro atoms. The second-order valence-corrected chi connectivity index (χ2v) is 7.67. The van der Waals surface area contributed by atoms with Crippen LogP contribution in [0.2, 0.25) is 0 Å². The van der Waals surface area contributed by atoms with Crippen molar-refractivity contribution in [3.8, 4) is 6.07 Å². The van der Waals surface area contributed by atoms with Gasteiger partial charge in [-0.1, -0.05) is 13.0 Å². The second-order valence-electron chi connectivity index (χ2n) is 6.19. The maximum atomic E-state index is 13.1. The molecule has 0 fully saturated rings. The molecule has 0 aliphatic rings. The number of alkyl carbamates (subject to hydrolysis) is 1. The number of nitriles is 1. The van der Waals surface area contributed by atoms with E-state index in [4.69, 9.17) is 5.26 Å². The topological polar surface area (TPSA) is 165 Å². The minimum absolute atomic E-state index is 0.179. The Hall–Kier alpha value is -4.08. The largest absolute Gasteiger partial charge is 0.606 e. The first-order chi connectivity index (χ1) is 15.8. The number of amides is 3. The van der Waals surface area contributed by atoms with E-state index < -0.39 is 23.4 Å². The highest BCUT2D eigenvalue weighted by molar-refractivity contribution is 7.91. The highest BCUT2D eigenvalue weighted by atomic mass is 32.2. The van der Waals surface area contributed by atoms with Crippen LogP contribution >= 0.6 is 0 Å². The molecule has 0 radical (unpaired) electrons. The van der Waals surface area contributed by atoms with Crippen LogP contribution in [0.25, 0.3) is 0 Å². The number of guanidine groups is 1. The summed E-state index contributed by atoms with van der Waals surface area (Å²) in [6, 6.07) is 12.8. The van der Waals surface area contributed by atoms with Crippen molar-refractivity contribution in [1.29, 1.82) is 5.26 Å². The Morgan fingerprint density at radius 3 is 2.42 bits per heavy atom. The van der Waals surface area contributed by atoms with Gasteiger partial charge in [0.1, 0.15) is 0 Å². The fourth-order valence-corrected chi connectivity index (χ4v) is 3.53. The highest BCUT2D eigenvalue weighted by Gasteiger charge is 2.20. The third kappa shape index (κ3) is 7.23. The average molecular weight is 471 g/mol. The Kier molecular flexibility index (Phi) is 9.22. The summed E-state index contributed by atoms with van der Waals surface area (Å²) >= 11 is -1.68. The normalized spacial score (nSPS) is 11.5. The molecule has 3 amide bonds.